The van der Waals surface area contributed by atoms with Crippen LogP contribution in [-0.2, 0) is 113 Å². The van der Waals surface area contributed by atoms with E-state index in [0.717, 1.165) is 105 Å². The number of thiophene rings is 2. The largest absolute Gasteiger partial charge is 0.444 e. The quantitative estimate of drug-likeness (QED) is 0.0811. The highest BCUT2D eigenvalue weighted by Gasteiger charge is 2.46. The van der Waals surface area contributed by atoms with Gasteiger partial charge in [0.15, 0.2) is 26.2 Å². The predicted molar refractivity (Wildman–Crippen MR) is 568 cm³/mol. The number of sulfonamides is 5. The summed E-state index contributed by atoms with van der Waals surface area (Å²) in [7, 11) is -18.3. The van der Waals surface area contributed by atoms with E-state index in [1.807, 2.05) is 173 Å². The molecule has 10 aliphatic rings. The van der Waals surface area contributed by atoms with Crippen molar-refractivity contribution in [3.8, 4) is 0 Å². The van der Waals surface area contributed by atoms with Crippen LogP contribution in [0.25, 0.3) is 36.2 Å². The number of nitrogens with zero attached hydrogens (tertiary/aromatic N) is 14. The van der Waals surface area contributed by atoms with Gasteiger partial charge < -0.3 is 23.7 Å². The van der Waals surface area contributed by atoms with Crippen LogP contribution < -0.4 is 24.5 Å². The van der Waals surface area contributed by atoms with E-state index in [1.54, 1.807) is 75.4 Å². The van der Waals surface area contributed by atoms with Gasteiger partial charge in [0.1, 0.15) is 47.7 Å². The Morgan fingerprint density at radius 3 is 1.12 bits per heavy atom. The minimum Gasteiger partial charge on any atom is -0.444 e. The monoisotopic (exact) mass is 2230 g/mol. The summed E-state index contributed by atoms with van der Waals surface area (Å²) in [5, 5.41) is 15.0. The molecule has 0 N–H and O–H groups in total. The molecule has 780 valence electrons. The Morgan fingerprint density at radius 1 is 0.356 bits per heavy atom. The summed E-state index contributed by atoms with van der Waals surface area (Å²) in [6.45, 7) is 12.6. The van der Waals surface area contributed by atoms with Gasteiger partial charge in [0.25, 0.3) is 10.0 Å². The van der Waals surface area contributed by atoms with E-state index in [2.05, 4.69) is 19.9 Å². The number of carbonyl (C=O) groups is 5. The Balaban J connectivity index is 0.000000113. The number of fused-ring (bicyclic) bond motifs is 9. The molecule has 0 aliphatic carbocycles. The number of benzene rings is 9. The molecule has 0 radical (unpaired) electrons. The van der Waals surface area contributed by atoms with Crippen LogP contribution in [0.15, 0.2) is 234 Å². The zero-order chi connectivity index (χ0) is 104. The Hall–Kier alpha value is -11.8. The van der Waals surface area contributed by atoms with E-state index >= 15 is 0 Å². The maximum absolute atomic E-state index is 13.3. The van der Waals surface area contributed by atoms with Gasteiger partial charge in [-0.05, 0) is 186 Å². The van der Waals surface area contributed by atoms with Crippen molar-refractivity contribution in [2.45, 2.75) is 186 Å². The summed E-state index contributed by atoms with van der Waals surface area (Å²) < 4.78 is 174. The van der Waals surface area contributed by atoms with Crippen LogP contribution in [0.5, 0.6) is 0 Å². The summed E-state index contributed by atoms with van der Waals surface area (Å²) in [6, 6.07) is 55.4. The van der Waals surface area contributed by atoms with Crippen molar-refractivity contribution in [1.82, 2.24) is 41.2 Å². The van der Waals surface area contributed by atoms with Crippen molar-refractivity contribution < 1.29 is 94.4 Å². The van der Waals surface area contributed by atoms with E-state index in [-0.39, 0.29) is 139 Å². The van der Waals surface area contributed by atoms with Gasteiger partial charge in [0.05, 0.1) is 38.4 Å². The third-order valence-corrected chi connectivity index (χ3v) is 42.1. The van der Waals surface area contributed by atoms with Gasteiger partial charge in [-0.2, -0.15) is 21.5 Å². The van der Waals surface area contributed by atoms with Gasteiger partial charge in [-0.3, -0.25) is 28.9 Å². The minimum absolute atomic E-state index is 0.00271. The first kappa shape index (κ1) is 104. The van der Waals surface area contributed by atoms with Crippen LogP contribution in [0.2, 0.25) is 15.2 Å². The fraction of sp³-hybridized carbons (Fsp3) is 0.340. The van der Waals surface area contributed by atoms with Gasteiger partial charge >= 0.3 is 30.5 Å². The topological polar surface area (TPSA) is 391 Å². The Bertz CT molecular complexity index is 7950. The molecule has 9 aromatic carbocycles. The number of carbonyl (C=O) groups excluding carboxylic acids is 5. The predicted octanol–water partition coefficient (Wildman–Crippen LogP) is 20.1. The summed E-state index contributed by atoms with van der Waals surface area (Å²) >= 11 is 22.5. The number of aryl methyl sites for hydroxylation is 4. The second-order valence-corrected chi connectivity index (χ2v) is 51.0. The van der Waals surface area contributed by atoms with Crippen molar-refractivity contribution >= 4 is 214 Å². The number of para-hydroxylation sites is 1. The van der Waals surface area contributed by atoms with Gasteiger partial charge in [0.2, 0.25) is 40.1 Å². The van der Waals surface area contributed by atoms with E-state index in [9.17, 15) is 66.1 Å². The average molecular weight is 2240 g/mol. The number of cyclic esters (lactones) is 5. The van der Waals surface area contributed by atoms with E-state index in [0.29, 0.717) is 128 Å². The van der Waals surface area contributed by atoms with Crippen LogP contribution in [0.4, 0.5) is 52.4 Å². The second kappa shape index (κ2) is 43.2. The summed E-state index contributed by atoms with van der Waals surface area (Å²) in [6.07, 6.45) is 6.01. The Kier molecular flexibility index (Phi) is 30.2. The number of hydrogen-bond donors (Lipinski definition) is 0. The molecule has 0 unspecified atom stereocenters. The highest BCUT2D eigenvalue weighted by Crippen LogP contribution is 2.45. The molecule has 0 spiro atoms. The van der Waals surface area contributed by atoms with Crippen molar-refractivity contribution in [1.29, 1.82) is 0 Å². The minimum atomic E-state index is -3.83. The normalized spacial score (nSPS) is 18.5. The number of imidazole rings is 1. The van der Waals surface area contributed by atoms with Gasteiger partial charge in [-0.25, -0.2) is 75.7 Å². The zero-order valence-electron chi connectivity index (χ0n) is 81.1. The van der Waals surface area contributed by atoms with Crippen molar-refractivity contribution in [3.63, 3.8) is 0 Å². The molecule has 5 fully saturated rings. The highest BCUT2D eigenvalue weighted by molar-refractivity contribution is 7.90. The molecule has 46 heteroatoms. The van der Waals surface area contributed by atoms with Crippen LogP contribution in [0.1, 0.15) is 121 Å². The third-order valence-electron chi connectivity index (χ3n) is 28.5. The first-order valence-electron chi connectivity index (χ1n) is 48.6. The van der Waals surface area contributed by atoms with Crippen molar-refractivity contribution in [2.24, 2.45) is 0 Å². The van der Waals surface area contributed by atoms with Crippen LogP contribution in [-0.4, -0.2) is 209 Å². The SMILES string of the molecule is CCc1ccc(S(=O)(=O)N2CCC(N3C(=O)OCc4cc(C)ccc43)CC2)cc1.Cc1ccc2c(c1)COC(=O)N2C1CCN(S(=O)(=O)c2c(Cl)nc3sccn23)CC1.Cc1ccc2c(c1)COC(=O)N2C1CCN(S(=O)(=O)c2csc3ccccc23)CC1.O=C1OCc2cc(Cl)ccc2N1C1CCN(S(=O)(=O)c2csc3ccccc23)CC1.O=C1OCc2ccccc2N1C1CCN(S(=O)(=O)c2ccc(Cl)c3nonc23)CC1. The van der Waals surface area contributed by atoms with Gasteiger partial charge in [-0.15, -0.1) is 34.0 Å². The highest BCUT2D eigenvalue weighted by atomic mass is 35.5. The maximum Gasteiger partial charge on any atom is 0.414 e. The third kappa shape index (κ3) is 20.8. The molecule has 35 nitrogen and oxygen atoms in total. The van der Waals surface area contributed by atoms with Gasteiger partial charge in [-0.1, -0.05) is 162 Å². The standard InChI is InChI=1S/C22H22N2O4S2.C22H26N2O4S.C21H19ClN2O4S2.C19H17ClN4O5S.C19H19ClN4O4S2/c1-15-6-7-19-16(12-15)13-28-22(25)24(19)17-8-10-23(11-9-17)30(26,27)21-14-29-20-5-3-2-4-18(20)21;1-3-17-5-7-20(8-6-17)29(26,27)23-12-10-19(11-13-23)24-21-9-4-16(2)14-18(21)15-28-22(24)25;22-15-5-6-18-14(11-15)12-28-21(25)24(18)16-7-9-23(10-8-16)30(26,27)20-13-29-19-4-2-1-3-17(19)20;20-14-5-6-16(18-17(14)21-29-22-18)30(26,27)23-9-7-13(8-10-23)24-15-4-2-1-3-12(15)11-28-19(24)25;1-12-2-3-15-13(10-12)11-28-19(25)24(15)14-4-6-22(7-5-14)30(26,27)17-16(20)21-18-23(17)8-9-29-18/h2-7,12,14,17H,8-11,13H2,1H3;4-9,14,19H,3,10-13,15H2,1-2H3;1-6,11,13,16H,7-10,12H2;1-6,13H,7-11H2;2-3,8-10,14H,4-7,11H2,1H3. The zero-order valence-corrected chi connectivity index (χ0v) is 89.9. The lowest BCUT2D eigenvalue weighted by Crippen LogP contribution is -2.50. The molecule has 0 bridgehead atoms. The number of rotatable bonds is 16. The van der Waals surface area contributed by atoms with Crippen LogP contribution >= 0.6 is 68.8 Å². The van der Waals surface area contributed by atoms with E-state index < -0.39 is 62.3 Å². The van der Waals surface area contributed by atoms with E-state index in [1.165, 1.54) is 67.8 Å². The fourth-order valence-corrected chi connectivity index (χ4v) is 33.0. The first-order chi connectivity index (χ1) is 71.6. The molecule has 14 aromatic rings. The summed E-state index contributed by atoms with van der Waals surface area (Å²) in [5.41, 5.74) is 13.7. The number of aromatic nitrogens is 4. The molecule has 5 aromatic heterocycles. The molecule has 5 amide bonds. The molecule has 15 heterocycles. The molecule has 0 saturated carbocycles. The number of anilines is 5. The van der Waals surface area contributed by atoms with Crippen LogP contribution in [0.3, 0.4) is 0 Å². The Morgan fingerprint density at radius 2 is 0.705 bits per heavy atom. The number of hydrogen-bond acceptors (Lipinski definition) is 27. The number of amides is 5. The van der Waals surface area contributed by atoms with E-state index in [4.69, 9.17) is 58.5 Å². The molecule has 10 aliphatic heterocycles. The average Bonchev–Trinajstić information content (AvgIpc) is 1.74. The number of thiazole rings is 1. The lowest BCUT2D eigenvalue weighted by atomic mass is 10.0. The fourth-order valence-electron chi connectivity index (χ4n) is 20.8. The molecular weight excluding hydrogens is 2130 g/mol. The van der Waals surface area contributed by atoms with Crippen LogP contribution in [0, 0.1) is 20.8 Å². The van der Waals surface area contributed by atoms with Crippen molar-refractivity contribution in [3.05, 3.63) is 270 Å². The molecule has 149 heavy (non-hydrogen) atoms. The molecule has 5 saturated heterocycles. The first-order valence-corrected chi connectivity index (χ1v) is 59.6. The van der Waals surface area contributed by atoms with Gasteiger partial charge in [0, 0.05) is 171 Å². The smallest absolute Gasteiger partial charge is 0.414 e. The summed E-state index contributed by atoms with van der Waals surface area (Å²) in [4.78, 5) is 76.6. The number of ether oxygens (including phenoxy) is 5. The lowest BCUT2D eigenvalue weighted by molar-refractivity contribution is 0.135. The molecule has 0 atom stereocenters. The lowest BCUT2D eigenvalue weighted by Gasteiger charge is -2.39. The molecular formula is C103H103Cl3N14O21S8. The summed E-state index contributed by atoms with van der Waals surface area (Å²) in [5.74, 6) is 0. The van der Waals surface area contributed by atoms with Crippen molar-refractivity contribution in [2.75, 3.05) is 89.9 Å². The number of piperidine rings is 5. The Labute approximate surface area is 888 Å². The number of halogens is 3. The molecule has 24 rings (SSSR count). The maximum atomic E-state index is 13.3. The second-order valence-electron chi connectivity index (χ2n) is 37.6.